The van der Waals surface area contributed by atoms with Gasteiger partial charge in [-0.3, -0.25) is 9.58 Å². The fourth-order valence-electron chi connectivity index (χ4n) is 3.01. The van der Waals surface area contributed by atoms with Crippen LogP contribution in [0.15, 0.2) is 40.8 Å². The monoisotopic (exact) mass is 325 g/mol. The molecule has 7 heteroatoms. The predicted molar refractivity (Wildman–Crippen MR) is 85.9 cm³/mol. The molecule has 124 valence electrons. The molecule has 0 bridgehead atoms. The molecular formula is C17H19N5O2. The molecule has 1 aliphatic rings. The molecule has 0 radical (unpaired) electrons. The van der Waals surface area contributed by atoms with Crippen LogP contribution in [-0.4, -0.2) is 36.5 Å². The molecule has 1 N–H and O–H groups in total. The molecule has 3 aromatic rings. The molecule has 0 spiro atoms. The van der Waals surface area contributed by atoms with Crippen LogP contribution in [0.4, 0.5) is 0 Å². The summed E-state index contributed by atoms with van der Waals surface area (Å²) in [6.45, 7) is 4.80. The Balaban J connectivity index is 1.49. The highest BCUT2D eigenvalue weighted by Gasteiger charge is 2.22. The van der Waals surface area contributed by atoms with E-state index in [1.807, 2.05) is 41.1 Å². The number of hydrogen-bond acceptors (Lipinski definition) is 6. The Kier molecular flexibility index (Phi) is 3.87. The standard InChI is InChI=1S/C17H19N5O2/c1-12-18-19-16(24-12)11-21-7-8-22-14(10-21)9-15(20-22)17(23)13-5-3-2-4-6-13/h2-6,9,17,23H,7-8,10-11H2,1H3/t17-/m1/s1. The number of aliphatic hydroxyl groups is 1. The van der Waals surface area contributed by atoms with E-state index in [9.17, 15) is 5.11 Å². The molecular weight excluding hydrogens is 306 g/mol. The summed E-state index contributed by atoms with van der Waals surface area (Å²) in [5, 5.41) is 23.0. The van der Waals surface area contributed by atoms with Gasteiger partial charge in [-0.2, -0.15) is 5.10 Å². The highest BCUT2D eigenvalue weighted by molar-refractivity contribution is 5.26. The molecule has 0 saturated carbocycles. The Morgan fingerprint density at radius 2 is 2.04 bits per heavy atom. The Morgan fingerprint density at radius 1 is 1.21 bits per heavy atom. The number of aryl methyl sites for hydroxylation is 1. The second-order valence-corrected chi connectivity index (χ2v) is 6.02. The van der Waals surface area contributed by atoms with E-state index in [0.717, 1.165) is 30.9 Å². The second kappa shape index (κ2) is 6.18. The molecule has 2 aromatic heterocycles. The number of fused-ring (bicyclic) bond motifs is 1. The van der Waals surface area contributed by atoms with Gasteiger partial charge >= 0.3 is 0 Å². The summed E-state index contributed by atoms with van der Waals surface area (Å²) in [5.74, 6) is 1.21. The van der Waals surface area contributed by atoms with Gasteiger partial charge in [0.25, 0.3) is 0 Å². The van der Waals surface area contributed by atoms with E-state index in [2.05, 4.69) is 20.2 Å². The van der Waals surface area contributed by atoms with Crippen molar-refractivity contribution >= 4 is 0 Å². The Bertz CT molecular complexity index is 827. The van der Waals surface area contributed by atoms with Gasteiger partial charge in [0.1, 0.15) is 6.10 Å². The zero-order valence-corrected chi connectivity index (χ0v) is 13.5. The summed E-state index contributed by atoms with van der Waals surface area (Å²) >= 11 is 0. The molecule has 0 fully saturated rings. The fourth-order valence-corrected chi connectivity index (χ4v) is 3.01. The molecule has 3 heterocycles. The van der Waals surface area contributed by atoms with E-state index in [-0.39, 0.29) is 0 Å². The number of nitrogens with zero attached hydrogens (tertiary/aromatic N) is 5. The summed E-state index contributed by atoms with van der Waals surface area (Å²) in [6, 6.07) is 11.6. The molecule has 0 unspecified atom stereocenters. The minimum Gasteiger partial charge on any atom is -0.424 e. The van der Waals surface area contributed by atoms with Crippen LogP contribution >= 0.6 is 0 Å². The van der Waals surface area contributed by atoms with E-state index in [1.165, 1.54) is 0 Å². The third-order valence-corrected chi connectivity index (χ3v) is 4.22. The van der Waals surface area contributed by atoms with Crippen molar-refractivity contribution < 1.29 is 9.52 Å². The average molecular weight is 325 g/mol. The minimum absolute atomic E-state index is 0.584. The van der Waals surface area contributed by atoms with Crippen LogP contribution in [0.2, 0.25) is 0 Å². The second-order valence-electron chi connectivity index (χ2n) is 6.02. The van der Waals surface area contributed by atoms with Crippen molar-refractivity contribution in [2.45, 2.75) is 32.7 Å². The van der Waals surface area contributed by atoms with Crippen LogP contribution in [0.5, 0.6) is 0 Å². The first-order chi connectivity index (χ1) is 11.7. The first-order valence-corrected chi connectivity index (χ1v) is 8.00. The normalized spacial score (nSPS) is 16.1. The Morgan fingerprint density at radius 3 is 2.79 bits per heavy atom. The molecule has 1 aromatic carbocycles. The predicted octanol–water partition coefficient (Wildman–Crippen LogP) is 1.67. The van der Waals surface area contributed by atoms with Gasteiger partial charge in [0.05, 0.1) is 24.5 Å². The number of benzene rings is 1. The van der Waals surface area contributed by atoms with Crippen molar-refractivity contribution in [3.8, 4) is 0 Å². The van der Waals surface area contributed by atoms with Gasteiger partial charge in [-0.05, 0) is 11.6 Å². The number of rotatable bonds is 4. The molecule has 4 rings (SSSR count). The smallest absolute Gasteiger partial charge is 0.230 e. The zero-order valence-electron chi connectivity index (χ0n) is 13.5. The van der Waals surface area contributed by atoms with Gasteiger partial charge in [-0.25, -0.2) is 0 Å². The van der Waals surface area contributed by atoms with E-state index >= 15 is 0 Å². The highest BCUT2D eigenvalue weighted by Crippen LogP contribution is 2.24. The first kappa shape index (κ1) is 15.0. The zero-order chi connectivity index (χ0) is 16.5. The molecule has 0 amide bonds. The summed E-state index contributed by atoms with van der Waals surface area (Å²) in [4.78, 5) is 2.24. The Labute approximate surface area is 139 Å². The molecule has 7 nitrogen and oxygen atoms in total. The Hall–Kier alpha value is -2.51. The highest BCUT2D eigenvalue weighted by atomic mass is 16.4. The molecule has 0 aliphatic carbocycles. The van der Waals surface area contributed by atoms with Gasteiger partial charge in [0, 0.05) is 20.0 Å². The van der Waals surface area contributed by atoms with E-state index in [0.29, 0.717) is 24.0 Å². The number of aromatic nitrogens is 4. The SMILES string of the molecule is Cc1nnc(CN2CCn3nc([C@H](O)c4ccccc4)cc3C2)o1. The van der Waals surface area contributed by atoms with Crippen LogP contribution in [0.25, 0.3) is 0 Å². The number of hydrogen-bond donors (Lipinski definition) is 1. The quantitative estimate of drug-likeness (QED) is 0.786. The molecule has 1 atom stereocenters. The van der Waals surface area contributed by atoms with Gasteiger partial charge in [-0.15, -0.1) is 10.2 Å². The van der Waals surface area contributed by atoms with Crippen LogP contribution < -0.4 is 0 Å². The third kappa shape index (κ3) is 2.95. The summed E-state index contributed by atoms with van der Waals surface area (Å²) in [6.07, 6.45) is -0.698. The molecule has 0 saturated heterocycles. The largest absolute Gasteiger partial charge is 0.424 e. The molecule has 24 heavy (non-hydrogen) atoms. The van der Waals surface area contributed by atoms with Crippen LogP contribution in [0.1, 0.15) is 34.8 Å². The third-order valence-electron chi connectivity index (χ3n) is 4.22. The summed E-state index contributed by atoms with van der Waals surface area (Å²) in [7, 11) is 0. The topological polar surface area (TPSA) is 80.2 Å². The minimum atomic E-state index is -0.698. The van der Waals surface area contributed by atoms with Gasteiger partial charge in [-0.1, -0.05) is 30.3 Å². The van der Waals surface area contributed by atoms with Gasteiger partial charge < -0.3 is 9.52 Å². The maximum Gasteiger partial charge on any atom is 0.230 e. The van der Waals surface area contributed by atoms with Crippen molar-refractivity contribution in [2.24, 2.45) is 0 Å². The van der Waals surface area contributed by atoms with Crippen molar-refractivity contribution in [2.75, 3.05) is 6.54 Å². The number of aliphatic hydroxyl groups excluding tert-OH is 1. The lowest BCUT2D eigenvalue weighted by Gasteiger charge is -2.25. The van der Waals surface area contributed by atoms with Crippen molar-refractivity contribution in [3.05, 3.63) is 65.1 Å². The van der Waals surface area contributed by atoms with Gasteiger partial charge in [0.2, 0.25) is 11.8 Å². The van der Waals surface area contributed by atoms with Crippen LogP contribution in [0.3, 0.4) is 0 Å². The van der Waals surface area contributed by atoms with Crippen molar-refractivity contribution in [1.82, 2.24) is 24.9 Å². The van der Waals surface area contributed by atoms with Crippen LogP contribution in [-0.2, 0) is 19.6 Å². The summed E-state index contributed by atoms with van der Waals surface area (Å²) < 4.78 is 7.42. The van der Waals surface area contributed by atoms with E-state index in [1.54, 1.807) is 6.92 Å². The van der Waals surface area contributed by atoms with E-state index < -0.39 is 6.10 Å². The molecule has 1 aliphatic heterocycles. The van der Waals surface area contributed by atoms with Crippen molar-refractivity contribution in [1.29, 1.82) is 0 Å². The average Bonchev–Trinajstić information content (AvgIpc) is 3.20. The lowest BCUT2D eigenvalue weighted by Crippen LogP contribution is -2.33. The van der Waals surface area contributed by atoms with Crippen LogP contribution in [0, 0.1) is 6.92 Å². The van der Waals surface area contributed by atoms with E-state index in [4.69, 9.17) is 4.42 Å². The summed E-state index contributed by atoms with van der Waals surface area (Å²) in [5.41, 5.74) is 2.63. The lowest BCUT2D eigenvalue weighted by atomic mass is 10.1. The van der Waals surface area contributed by atoms with Crippen molar-refractivity contribution in [3.63, 3.8) is 0 Å². The maximum atomic E-state index is 10.5. The lowest BCUT2D eigenvalue weighted by molar-refractivity contribution is 0.185. The maximum absolute atomic E-state index is 10.5. The van der Waals surface area contributed by atoms with Gasteiger partial charge in [0.15, 0.2) is 0 Å². The fraction of sp³-hybridized carbons (Fsp3) is 0.353. The first-order valence-electron chi connectivity index (χ1n) is 8.00.